The molecule has 0 unspecified atom stereocenters. The Balaban J connectivity index is 0.00000196. The van der Waals surface area contributed by atoms with Crippen molar-refractivity contribution >= 4 is 34.3 Å². The molecule has 84 valence electrons. The van der Waals surface area contributed by atoms with Crippen molar-refractivity contribution in [1.29, 1.82) is 0 Å². The minimum absolute atomic E-state index is 0. The van der Waals surface area contributed by atoms with Gasteiger partial charge in [-0.05, 0) is 6.92 Å². The Kier molecular flexibility index (Phi) is 6.98. The number of nitrogens with one attached hydrogen (secondary N) is 1. The molecule has 0 aliphatic carbocycles. The van der Waals surface area contributed by atoms with E-state index >= 15 is 0 Å². The highest BCUT2D eigenvalue weighted by Crippen LogP contribution is 2.08. The summed E-state index contributed by atoms with van der Waals surface area (Å²) in [5, 5.41) is 5.93. The van der Waals surface area contributed by atoms with Gasteiger partial charge in [-0.15, -0.1) is 34.9 Å². The number of guanidine groups is 1. The lowest BCUT2D eigenvalue weighted by molar-refractivity contribution is 0.945. The fourth-order valence-electron chi connectivity index (χ4n) is 0.880. The zero-order chi connectivity index (χ0) is 10.4. The molecular formula is C9H15BrN4S. The van der Waals surface area contributed by atoms with Crippen LogP contribution in [0.4, 0.5) is 0 Å². The number of hydrogen-bond acceptors (Lipinski definition) is 3. The summed E-state index contributed by atoms with van der Waals surface area (Å²) in [6, 6.07) is 0. The highest BCUT2D eigenvalue weighted by atomic mass is 79.9. The number of thiazole rings is 1. The van der Waals surface area contributed by atoms with E-state index in [0.29, 0.717) is 19.0 Å². The Morgan fingerprint density at radius 2 is 2.53 bits per heavy atom. The molecule has 1 heterocycles. The summed E-state index contributed by atoms with van der Waals surface area (Å²) in [4.78, 5) is 8.40. The average molecular weight is 291 g/mol. The number of aromatic nitrogens is 1. The molecule has 0 saturated carbocycles. The van der Waals surface area contributed by atoms with E-state index in [-0.39, 0.29) is 17.0 Å². The molecule has 15 heavy (non-hydrogen) atoms. The number of hydrogen-bond donors (Lipinski definition) is 2. The van der Waals surface area contributed by atoms with Crippen LogP contribution in [0, 0.1) is 6.92 Å². The Morgan fingerprint density at radius 1 is 1.80 bits per heavy atom. The van der Waals surface area contributed by atoms with Gasteiger partial charge >= 0.3 is 0 Å². The first-order valence-corrected chi connectivity index (χ1v) is 5.16. The Morgan fingerprint density at radius 3 is 3.07 bits per heavy atom. The Labute approximate surface area is 104 Å². The summed E-state index contributed by atoms with van der Waals surface area (Å²) in [5.41, 5.74) is 6.54. The molecule has 4 nitrogen and oxygen atoms in total. The molecule has 0 aromatic carbocycles. The van der Waals surface area contributed by atoms with Gasteiger partial charge in [0.25, 0.3) is 0 Å². The van der Waals surface area contributed by atoms with Crippen molar-refractivity contribution in [3.8, 4) is 0 Å². The Hall–Kier alpha value is -0.880. The summed E-state index contributed by atoms with van der Waals surface area (Å²) in [7, 11) is 0. The Bertz CT molecular complexity index is 335. The van der Waals surface area contributed by atoms with E-state index in [9.17, 15) is 0 Å². The molecule has 0 aliphatic heterocycles. The quantitative estimate of drug-likeness (QED) is 0.503. The zero-order valence-corrected chi connectivity index (χ0v) is 11.1. The molecule has 1 aromatic rings. The second kappa shape index (κ2) is 7.42. The maximum absolute atomic E-state index is 5.58. The van der Waals surface area contributed by atoms with Crippen LogP contribution < -0.4 is 11.1 Å². The van der Waals surface area contributed by atoms with E-state index < -0.39 is 0 Å². The fraction of sp³-hybridized carbons (Fsp3) is 0.333. The van der Waals surface area contributed by atoms with Crippen molar-refractivity contribution in [2.75, 3.05) is 6.54 Å². The second-order valence-electron chi connectivity index (χ2n) is 2.73. The van der Waals surface area contributed by atoms with Gasteiger partial charge in [-0.2, -0.15) is 0 Å². The summed E-state index contributed by atoms with van der Waals surface area (Å²) in [6.45, 7) is 6.70. The number of rotatable bonds is 4. The van der Waals surface area contributed by atoms with Crippen molar-refractivity contribution < 1.29 is 0 Å². The first-order chi connectivity index (χ1) is 6.72. The molecule has 0 fully saturated rings. The minimum atomic E-state index is 0. The zero-order valence-electron chi connectivity index (χ0n) is 8.56. The third kappa shape index (κ3) is 5.54. The normalized spacial score (nSPS) is 10.6. The minimum Gasteiger partial charge on any atom is -0.370 e. The van der Waals surface area contributed by atoms with Crippen LogP contribution in [0.5, 0.6) is 0 Å². The summed E-state index contributed by atoms with van der Waals surface area (Å²) < 4.78 is 0. The van der Waals surface area contributed by atoms with Gasteiger partial charge in [-0.3, -0.25) is 0 Å². The van der Waals surface area contributed by atoms with Gasteiger partial charge in [0.05, 0.1) is 17.2 Å². The van der Waals surface area contributed by atoms with Crippen molar-refractivity contribution in [3.63, 3.8) is 0 Å². The monoisotopic (exact) mass is 290 g/mol. The lowest BCUT2D eigenvalue weighted by Gasteiger charge is -2.00. The predicted molar refractivity (Wildman–Crippen MR) is 70.7 cm³/mol. The number of nitrogens with zero attached hydrogens (tertiary/aromatic N) is 2. The summed E-state index contributed by atoms with van der Waals surface area (Å²) in [6.07, 6.45) is 1.73. The van der Waals surface area contributed by atoms with Crippen molar-refractivity contribution in [2.24, 2.45) is 10.7 Å². The van der Waals surface area contributed by atoms with E-state index in [1.54, 1.807) is 17.4 Å². The highest BCUT2D eigenvalue weighted by molar-refractivity contribution is 8.93. The number of aryl methyl sites for hydroxylation is 1. The van der Waals surface area contributed by atoms with Gasteiger partial charge in [0.1, 0.15) is 0 Å². The van der Waals surface area contributed by atoms with Crippen LogP contribution in [0.2, 0.25) is 0 Å². The van der Waals surface area contributed by atoms with Crippen LogP contribution in [-0.4, -0.2) is 17.5 Å². The molecule has 0 atom stereocenters. The summed E-state index contributed by atoms with van der Waals surface area (Å²) in [5.74, 6) is 0.426. The third-order valence-corrected chi connectivity index (χ3v) is 2.33. The van der Waals surface area contributed by atoms with E-state index in [1.807, 2.05) is 12.3 Å². The lowest BCUT2D eigenvalue weighted by atomic mass is 10.5. The van der Waals surface area contributed by atoms with Crippen LogP contribution in [-0.2, 0) is 6.54 Å². The van der Waals surface area contributed by atoms with Crippen molar-refractivity contribution in [2.45, 2.75) is 13.5 Å². The van der Waals surface area contributed by atoms with Gasteiger partial charge in [0, 0.05) is 11.9 Å². The number of nitrogens with two attached hydrogens (primary N) is 1. The van der Waals surface area contributed by atoms with Gasteiger partial charge in [-0.1, -0.05) is 6.08 Å². The molecule has 6 heteroatoms. The maximum atomic E-state index is 5.58. The molecule has 0 spiro atoms. The van der Waals surface area contributed by atoms with Gasteiger partial charge in [-0.25, -0.2) is 9.98 Å². The van der Waals surface area contributed by atoms with Crippen LogP contribution in [0.1, 0.15) is 10.7 Å². The molecule has 0 saturated heterocycles. The number of halogens is 1. The topological polar surface area (TPSA) is 63.3 Å². The predicted octanol–water partition coefficient (Wildman–Crippen LogP) is 1.62. The molecule has 3 N–H and O–H groups in total. The van der Waals surface area contributed by atoms with Gasteiger partial charge in [0.2, 0.25) is 0 Å². The first-order valence-electron chi connectivity index (χ1n) is 4.28. The maximum Gasteiger partial charge on any atom is 0.189 e. The van der Waals surface area contributed by atoms with Crippen LogP contribution >= 0.6 is 28.3 Å². The molecule has 0 aliphatic rings. The third-order valence-electron chi connectivity index (χ3n) is 1.51. The van der Waals surface area contributed by atoms with Crippen LogP contribution in [0.3, 0.4) is 0 Å². The van der Waals surface area contributed by atoms with E-state index in [4.69, 9.17) is 5.73 Å². The van der Waals surface area contributed by atoms with E-state index in [2.05, 4.69) is 21.9 Å². The molecule has 0 bridgehead atoms. The van der Waals surface area contributed by atoms with Crippen LogP contribution in [0.25, 0.3) is 0 Å². The average Bonchev–Trinajstić information content (AvgIpc) is 2.58. The van der Waals surface area contributed by atoms with Gasteiger partial charge < -0.3 is 11.1 Å². The SMILES string of the molecule is Br.C=CCNC(N)=NCc1csc(C)n1. The first kappa shape index (κ1) is 14.1. The van der Waals surface area contributed by atoms with Gasteiger partial charge in [0.15, 0.2) is 5.96 Å². The largest absolute Gasteiger partial charge is 0.370 e. The van der Waals surface area contributed by atoms with Crippen molar-refractivity contribution in [3.05, 3.63) is 28.7 Å². The highest BCUT2D eigenvalue weighted by Gasteiger charge is 1.96. The number of aliphatic imine (C=N–C) groups is 1. The standard InChI is InChI=1S/C9H14N4S.BrH/c1-3-4-11-9(10)12-5-8-6-14-7(2)13-8;/h3,6H,1,4-5H2,2H3,(H3,10,11,12);1H. The van der Waals surface area contributed by atoms with Crippen molar-refractivity contribution in [1.82, 2.24) is 10.3 Å². The molecule has 1 aromatic heterocycles. The molecular weight excluding hydrogens is 276 g/mol. The molecule has 0 amide bonds. The lowest BCUT2D eigenvalue weighted by Crippen LogP contribution is -2.31. The summed E-state index contributed by atoms with van der Waals surface area (Å²) >= 11 is 1.62. The van der Waals surface area contributed by atoms with E-state index in [1.165, 1.54) is 0 Å². The molecule has 0 radical (unpaired) electrons. The van der Waals surface area contributed by atoms with E-state index in [0.717, 1.165) is 10.7 Å². The fourth-order valence-corrected chi connectivity index (χ4v) is 1.48. The smallest absolute Gasteiger partial charge is 0.189 e. The second-order valence-corrected chi connectivity index (χ2v) is 3.79. The van der Waals surface area contributed by atoms with Crippen LogP contribution in [0.15, 0.2) is 23.0 Å². The molecule has 1 rings (SSSR count).